The van der Waals surface area contributed by atoms with Crippen molar-refractivity contribution in [3.05, 3.63) is 53.6 Å². The van der Waals surface area contributed by atoms with Crippen molar-refractivity contribution in [2.24, 2.45) is 0 Å². The van der Waals surface area contributed by atoms with Crippen molar-refractivity contribution in [1.29, 1.82) is 0 Å². The van der Waals surface area contributed by atoms with Gasteiger partial charge >= 0.3 is 0 Å². The average Bonchev–Trinajstić information content (AvgIpc) is 2.53. The SMILES string of the molecule is CCN1C(=O)c2ccccc2Sc2ccc(C)cc21. The fourth-order valence-corrected chi connectivity index (χ4v) is 3.40. The van der Waals surface area contributed by atoms with E-state index in [9.17, 15) is 4.79 Å². The molecule has 2 aromatic carbocycles. The van der Waals surface area contributed by atoms with Crippen LogP contribution in [0.1, 0.15) is 22.8 Å². The molecule has 0 atom stereocenters. The molecule has 0 radical (unpaired) electrons. The Kier molecular flexibility index (Phi) is 3.07. The Bertz CT molecular complexity index is 651. The monoisotopic (exact) mass is 269 g/mol. The predicted octanol–water partition coefficient (Wildman–Crippen LogP) is 4.13. The van der Waals surface area contributed by atoms with E-state index >= 15 is 0 Å². The summed E-state index contributed by atoms with van der Waals surface area (Å²) >= 11 is 1.67. The first-order valence-corrected chi connectivity index (χ1v) is 7.21. The van der Waals surface area contributed by atoms with Crippen LogP contribution in [0.5, 0.6) is 0 Å². The molecular weight excluding hydrogens is 254 g/mol. The zero-order valence-electron chi connectivity index (χ0n) is 11.0. The van der Waals surface area contributed by atoms with Gasteiger partial charge in [-0.05, 0) is 43.7 Å². The van der Waals surface area contributed by atoms with Crippen LogP contribution in [-0.4, -0.2) is 12.5 Å². The van der Waals surface area contributed by atoms with Crippen molar-refractivity contribution in [2.75, 3.05) is 11.4 Å². The normalized spacial score (nSPS) is 13.8. The van der Waals surface area contributed by atoms with Gasteiger partial charge in [0.2, 0.25) is 0 Å². The molecule has 0 aromatic heterocycles. The molecule has 0 saturated heterocycles. The summed E-state index contributed by atoms with van der Waals surface area (Å²) in [6, 6.07) is 14.1. The van der Waals surface area contributed by atoms with Crippen molar-refractivity contribution in [3.63, 3.8) is 0 Å². The second kappa shape index (κ2) is 4.74. The minimum absolute atomic E-state index is 0.0925. The van der Waals surface area contributed by atoms with Gasteiger partial charge in [0.15, 0.2) is 0 Å². The summed E-state index contributed by atoms with van der Waals surface area (Å²) < 4.78 is 0. The van der Waals surface area contributed by atoms with Crippen LogP contribution in [-0.2, 0) is 0 Å². The topological polar surface area (TPSA) is 20.3 Å². The molecule has 2 nitrogen and oxygen atoms in total. The van der Waals surface area contributed by atoms with Gasteiger partial charge in [-0.15, -0.1) is 0 Å². The number of anilines is 1. The molecule has 0 saturated carbocycles. The lowest BCUT2D eigenvalue weighted by Crippen LogP contribution is -2.30. The molecule has 1 heterocycles. The van der Waals surface area contributed by atoms with E-state index in [-0.39, 0.29) is 5.91 Å². The van der Waals surface area contributed by atoms with Gasteiger partial charge in [-0.25, -0.2) is 0 Å². The van der Waals surface area contributed by atoms with Crippen LogP contribution in [0.2, 0.25) is 0 Å². The molecule has 2 aromatic rings. The van der Waals surface area contributed by atoms with E-state index in [4.69, 9.17) is 0 Å². The lowest BCUT2D eigenvalue weighted by molar-refractivity contribution is 0.0985. The molecule has 1 aliphatic rings. The summed E-state index contributed by atoms with van der Waals surface area (Å²) in [5, 5.41) is 0. The molecule has 3 rings (SSSR count). The van der Waals surface area contributed by atoms with Crippen LogP contribution in [0.15, 0.2) is 52.3 Å². The third-order valence-corrected chi connectivity index (χ3v) is 4.45. The Morgan fingerprint density at radius 3 is 2.68 bits per heavy atom. The summed E-state index contributed by atoms with van der Waals surface area (Å²) in [4.78, 5) is 16.7. The predicted molar refractivity (Wildman–Crippen MR) is 79.1 cm³/mol. The quantitative estimate of drug-likeness (QED) is 0.776. The summed E-state index contributed by atoms with van der Waals surface area (Å²) in [7, 11) is 0. The van der Waals surface area contributed by atoms with Gasteiger partial charge in [-0.2, -0.15) is 0 Å². The van der Waals surface area contributed by atoms with E-state index in [1.165, 1.54) is 5.56 Å². The smallest absolute Gasteiger partial charge is 0.259 e. The standard InChI is InChI=1S/C16H15NOS/c1-3-17-13-10-11(2)8-9-15(13)19-14-7-5-4-6-12(14)16(17)18/h4-10H,3H2,1-2H3. The average molecular weight is 269 g/mol. The number of benzene rings is 2. The number of aryl methyl sites for hydroxylation is 1. The van der Waals surface area contributed by atoms with Gasteiger partial charge in [0.1, 0.15) is 0 Å². The van der Waals surface area contributed by atoms with Crippen molar-refractivity contribution < 1.29 is 4.79 Å². The molecule has 1 aliphatic heterocycles. The number of hydrogen-bond donors (Lipinski definition) is 0. The molecule has 19 heavy (non-hydrogen) atoms. The minimum Gasteiger partial charge on any atom is -0.307 e. The van der Waals surface area contributed by atoms with Crippen LogP contribution in [0.3, 0.4) is 0 Å². The Morgan fingerprint density at radius 2 is 1.89 bits per heavy atom. The summed E-state index contributed by atoms with van der Waals surface area (Å²) in [6.45, 7) is 4.76. The highest BCUT2D eigenvalue weighted by Gasteiger charge is 2.25. The number of nitrogens with zero attached hydrogens (tertiary/aromatic N) is 1. The maximum Gasteiger partial charge on any atom is 0.259 e. The second-order valence-electron chi connectivity index (χ2n) is 4.62. The molecule has 0 aliphatic carbocycles. The Morgan fingerprint density at radius 1 is 1.11 bits per heavy atom. The maximum absolute atomic E-state index is 12.7. The zero-order chi connectivity index (χ0) is 13.4. The molecule has 0 bridgehead atoms. The van der Waals surface area contributed by atoms with Crippen molar-refractivity contribution in [2.45, 2.75) is 23.6 Å². The van der Waals surface area contributed by atoms with E-state index in [0.29, 0.717) is 6.54 Å². The van der Waals surface area contributed by atoms with Crippen LogP contribution in [0, 0.1) is 6.92 Å². The van der Waals surface area contributed by atoms with Crippen molar-refractivity contribution >= 4 is 23.4 Å². The van der Waals surface area contributed by atoms with Crippen molar-refractivity contribution in [3.8, 4) is 0 Å². The van der Waals surface area contributed by atoms with E-state index in [1.807, 2.05) is 36.1 Å². The second-order valence-corrected chi connectivity index (χ2v) is 5.70. The first-order chi connectivity index (χ1) is 9.20. The third-order valence-electron chi connectivity index (χ3n) is 3.30. The van der Waals surface area contributed by atoms with E-state index < -0.39 is 0 Å². The fraction of sp³-hybridized carbons (Fsp3) is 0.188. The summed E-state index contributed by atoms with van der Waals surface area (Å²) in [6.07, 6.45) is 0. The largest absolute Gasteiger partial charge is 0.307 e. The van der Waals surface area contributed by atoms with E-state index in [1.54, 1.807) is 11.8 Å². The first kappa shape index (κ1) is 12.3. The molecule has 0 unspecified atom stereocenters. The van der Waals surface area contributed by atoms with Crippen LogP contribution in [0.4, 0.5) is 5.69 Å². The van der Waals surface area contributed by atoms with Gasteiger partial charge in [-0.3, -0.25) is 4.79 Å². The van der Waals surface area contributed by atoms with Gasteiger partial charge in [0, 0.05) is 16.3 Å². The highest BCUT2D eigenvalue weighted by Crippen LogP contribution is 2.41. The number of amides is 1. The summed E-state index contributed by atoms with van der Waals surface area (Å²) in [5.74, 6) is 0.0925. The van der Waals surface area contributed by atoms with E-state index in [2.05, 4.69) is 25.1 Å². The highest BCUT2D eigenvalue weighted by molar-refractivity contribution is 7.99. The zero-order valence-corrected chi connectivity index (χ0v) is 11.8. The summed E-state index contributed by atoms with van der Waals surface area (Å²) in [5.41, 5.74) is 2.99. The molecule has 0 N–H and O–H groups in total. The number of carbonyl (C=O) groups excluding carboxylic acids is 1. The van der Waals surface area contributed by atoms with Crippen LogP contribution >= 0.6 is 11.8 Å². The minimum atomic E-state index is 0.0925. The number of rotatable bonds is 1. The molecule has 0 spiro atoms. The lowest BCUT2D eigenvalue weighted by Gasteiger charge is -2.21. The first-order valence-electron chi connectivity index (χ1n) is 6.40. The molecule has 0 fully saturated rings. The number of fused-ring (bicyclic) bond motifs is 2. The van der Waals surface area contributed by atoms with Crippen molar-refractivity contribution in [1.82, 2.24) is 0 Å². The van der Waals surface area contributed by atoms with Gasteiger partial charge in [0.05, 0.1) is 11.3 Å². The Hall–Kier alpha value is -1.74. The molecule has 96 valence electrons. The number of carbonyl (C=O) groups is 1. The Labute approximate surface area is 117 Å². The van der Waals surface area contributed by atoms with Gasteiger partial charge in [0.25, 0.3) is 5.91 Å². The van der Waals surface area contributed by atoms with Gasteiger partial charge in [-0.1, -0.05) is 30.0 Å². The lowest BCUT2D eigenvalue weighted by atomic mass is 10.1. The molecular formula is C16H15NOS. The third kappa shape index (κ3) is 2.04. The van der Waals surface area contributed by atoms with Crippen LogP contribution in [0.25, 0.3) is 0 Å². The highest BCUT2D eigenvalue weighted by atomic mass is 32.2. The maximum atomic E-state index is 12.7. The Balaban J connectivity index is 2.23. The number of hydrogen-bond acceptors (Lipinski definition) is 2. The molecule has 1 amide bonds. The fourth-order valence-electron chi connectivity index (χ4n) is 2.34. The molecule has 3 heteroatoms. The van der Waals surface area contributed by atoms with Crippen LogP contribution < -0.4 is 4.90 Å². The van der Waals surface area contributed by atoms with Gasteiger partial charge < -0.3 is 4.90 Å². The van der Waals surface area contributed by atoms with E-state index in [0.717, 1.165) is 21.0 Å².